The van der Waals surface area contributed by atoms with Gasteiger partial charge in [-0.1, -0.05) is 58.1 Å². The molecule has 2 nitrogen and oxygen atoms in total. The third-order valence-corrected chi connectivity index (χ3v) is 7.48. The van der Waals surface area contributed by atoms with E-state index in [1.807, 2.05) is 0 Å². The van der Waals surface area contributed by atoms with Gasteiger partial charge in [0, 0.05) is 0 Å². The molecule has 2 aliphatic rings. The van der Waals surface area contributed by atoms with Crippen molar-refractivity contribution in [3.8, 4) is 0 Å². The maximum absolute atomic E-state index is 11.0. The second kappa shape index (κ2) is 10.3. The highest BCUT2D eigenvalue weighted by atomic mass is 16.3. The predicted molar refractivity (Wildman–Crippen MR) is 111 cm³/mol. The molecule has 0 aromatic heterocycles. The summed E-state index contributed by atoms with van der Waals surface area (Å²) in [5.41, 5.74) is 1.01. The van der Waals surface area contributed by atoms with Crippen molar-refractivity contribution in [2.45, 2.75) is 116 Å². The summed E-state index contributed by atoms with van der Waals surface area (Å²) < 4.78 is 0. The van der Waals surface area contributed by atoms with Gasteiger partial charge in [-0.15, -0.1) is 0 Å². The standard InChI is InChI=1S/C24H44O2/c1-5-6-7-8-15-24(4,26)22-13-12-20(16-22)18(2)9-11-21-17-23(25)14-10-19(21)3/h11,18-20,22-23,25-26H,5-10,12-17H2,1-4H3/b21-11-/t18?,19?,20?,22-,23-,24-/m0/s1. The molecule has 0 heterocycles. The molecule has 6 atom stereocenters. The molecule has 0 amide bonds. The molecule has 2 rings (SSSR count). The van der Waals surface area contributed by atoms with Gasteiger partial charge >= 0.3 is 0 Å². The molecule has 26 heavy (non-hydrogen) atoms. The molecule has 2 heteroatoms. The van der Waals surface area contributed by atoms with Crippen LogP contribution in [0, 0.1) is 23.7 Å². The number of rotatable bonds is 9. The Morgan fingerprint density at radius 1 is 1.15 bits per heavy atom. The van der Waals surface area contributed by atoms with Gasteiger partial charge in [-0.3, -0.25) is 0 Å². The average Bonchev–Trinajstić information content (AvgIpc) is 3.10. The first-order valence-electron chi connectivity index (χ1n) is 11.4. The number of allylic oxidation sites excluding steroid dienone is 1. The molecule has 0 radical (unpaired) electrons. The molecule has 2 saturated carbocycles. The summed E-state index contributed by atoms with van der Waals surface area (Å²) in [5, 5.41) is 20.9. The topological polar surface area (TPSA) is 40.5 Å². The Morgan fingerprint density at radius 3 is 2.65 bits per heavy atom. The fourth-order valence-electron chi connectivity index (χ4n) is 5.23. The van der Waals surface area contributed by atoms with Crippen molar-refractivity contribution in [3.05, 3.63) is 11.6 Å². The van der Waals surface area contributed by atoms with Crippen LogP contribution in [0.1, 0.15) is 105 Å². The van der Waals surface area contributed by atoms with E-state index in [9.17, 15) is 10.2 Å². The Bertz CT molecular complexity index is 439. The Labute approximate surface area is 162 Å². The minimum Gasteiger partial charge on any atom is -0.393 e. The van der Waals surface area contributed by atoms with E-state index >= 15 is 0 Å². The van der Waals surface area contributed by atoms with E-state index in [4.69, 9.17) is 0 Å². The van der Waals surface area contributed by atoms with E-state index in [0.29, 0.717) is 17.8 Å². The molecule has 0 spiro atoms. The highest BCUT2D eigenvalue weighted by molar-refractivity contribution is 5.10. The first-order valence-corrected chi connectivity index (χ1v) is 11.4. The van der Waals surface area contributed by atoms with Gasteiger partial charge in [0.15, 0.2) is 0 Å². The van der Waals surface area contributed by atoms with Gasteiger partial charge in [0.25, 0.3) is 0 Å². The molecule has 152 valence electrons. The van der Waals surface area contributed by atoms with E-state index < -0.39 is 5.60 Å². The molecular weight excluding hydrogens is 320 g/mol. The van der Waals surface area contributed by atoms with Crippen LogP contribution in [0.2, 0.25) is 0 Å². The van der Waals surface area contributed by atoms with Gasteiger partial charge < -0.3 is 10.2 Å². The SMILES string of the molecule is CCCCCC[C@](C)(O)[C@H]1CCC(C(C)C/C=C2/C[C@@H](O)CCC2C)C1. The lowest BCUT2D eigenvalue weighted by molar-refractivity contribution is -0.0108. The predicted octanol–water partition coefficient (Wildman–Crippen LogP) is 6.26. The van der Waals surface area contributed by atoms with Crippen molar-refractivity contribution in [2.24, 2.45) is 23.7 Å². The van der Waals surface area contributed by atoms with E-state index in [1.54, 1.807) is 0 Å². The number of hydrogen-bond acceptors (Lipinski definition) is 2. The van der Waals surface area contributed by atoms with Crippen LogP contribution >= 0.6 is 0 Å². The van der Waals surface area contributed by atoms with Gasteiger partial charge in [0.1, 0.15) is 0 Å². The van der Waals surface area contributed by atoms with Crippen molar-refractivity contribution in [2.75, 3.05) is 0 Å². The first kappa shape index (κ1) is 22.0. The first-order chi connectivity index (χ1) is 12.3. The van der Waals surface area contributed by atoms with Gasteiger partial charge in [-0.2, -0.15) is 0 Å². The number of aliphatic hydroxyl groups excluding tert-OH is 1. The summed E-state index contributed by atoms with van der Waals surface area (Å²) in [4.78, 5) is 0. The summed E-state index contributed by atoms with van der Waals surface area (Å²) in [5.74, 6) is 2.57. The van der Waals surface area contributed by atoms with Crippen molar-refractivity contribution in [1.82, 2.24) is 0 Å². The summed E-state index contributed by atoms with van der Waals surface area (Å²) in [6, 6.07) is 0. The lowest BCUT2D eigenvalue weighted by Crippen LogP contribution is -2.33. The van der Waals surface area contributed by atoms with Crippen LogP contribution in [0.4, 0.5) is 0 Å². The number of aliphatic hydroxyl groups is 2. The number of unbranched alkanes of at least 4 members (excludes halogenated alkanes) is 3. The molecular formula is C24H44O2. The fourth-order valence-corrected chi connectivity index (χ4v) is 5.23. The number of hydrogen-bond donors (Lipinski definition) is 2. The molecule has 2 aliphatic carbocycles. The summed E-state index contributed by atoms with van der Waals surface area (Å²) in [6.07, 6.45) is 16.1. The van der Waals surface area contributed by atoms with E-state index in [0.717, 1.165) is 38.0 Å². The molecule has 0 aromatic carbocycles. The second-order valence-corrected chi connectivity index (χ2v) is 9.77. The van der Waals surface area contributed by atoms with Crippen LogP contribution in [0.25, 0.3) is 0 Å². The minimum atomic E-state index is -0.470. The van der Waals surface area contributed by atoms with E-state index in [1.165, 1.54) is 50.5 Å². The molecule has 0 saturated heterocycles. The van der Waals surface area contributed by atoms with Crippen molar-refractivity contribution >= 4 is 0 Å². The van der Waals surface area contributed by atoms with Crippen molar-refractivity contribution < 1.29 is 10.2 Å². The largest absolute Gasteiger partial charge is 0.393 e. The summed E-state index contributed by atoms with van der Waals surface area (Å²) >= 11 is 0. The summed E-state index contributed by atoms with van der Waals surface area (Å²) in [6.45, 7) is 9.03. The monoisotopic (exact) mass is 364 g/mol. The van der Waals surface area contributed by atoms with Crippen LogP contribution in [0.3, 0.4) is 0 Å². The zero-order valence-electron chi connectivity index (χ0n) is 17.8. The Kier molecular flexibility index (Phi) is 8.67. The fraction of sp³-hybridized carbons (Fsp3) is 0.917. The van der Waals surface area contributed by atoms with Crippen LogP contribution < -0.4 is 0 Å². The smallest absolute Gasteiger partial charge is 0.0647 e. The van der Waals surface area contributed by atoms with E-state index in [-0.39, 0.29) is 6.10 Å². The highest BCUT2D eigenvalue weighted by Gasteiger charge is 2.38. The quantitative estimate of drug-likeness (QED) is 0.374. The molecule has 0 aromatic rings. The van der Waals surface area contributed by atoms with Crippen LogP contribution in [0.15, 0.2) is 11.6 Å². The highest BCUT2D eigenvalue weighted by Crippen LogP contribution is 2.44. The maximum atomic E-state index is 11.0. The Balaban J connectivity index is 1.79. The Morgan fingerprint density at radius 2 is 1.92 bits per heavy atom. The van der Waals surface area contributed by atoms with Gasteiger partial charge in [0.2, 0.25) is 0 Å². The van der Waals surface area contributed by atoms with Gasteiger partial charge in [-0.05, 0) is 82.0 Å². The Hall–Kier alpha value is -0.340. The lowest BCUT2D eigenvalue weighted by Gasteiger charge is -2.31. The van der Waals surface area contributed by atoms with Crippen LogP contribution in [0.5, 0.6) is 0 Å². The van der Waals surface area contributed by atoms with E-state index in [2.05, 4.69) is 33.8 Å². The molecule has 2 N–H and O–H groups in total. The third-order valence-electron chi connectivity index (χ3n) is 7.48. The zero-order valence-corrected chi connectivity index (χ0v) is 17.8. The maximum Gasteiger partial charge on any atom is 0.0647 e. The van der Waals surface area contributed by atoms with Crippen LogP contribution in [-0.2, 0) is 0 Å². The molecule has 3 unspecified atom stereocenters. The van der Waals surface area contributed by atoms with Crippen molar-refractivity contribution in [3.63, 3.8) is 0 Å². The third kappa shape index (κ3) is 6.37. The van der Waals surface area contributed by atoms with Gasteiger partial charge in [0.05, 0.1) is 11.7 Å². The summed E-state index contributed by atoms with van der Waals surface area (Å²) in [7, 11) is 0. The van der Waals surface area contributed by atoms with Crippen molar-refractivity contribution in [1.29, 1.82) is 0 Å². The lowest BCUT2D eigenvalue weighted by atomic mass is 9.80. The molecule has 2 fully saturated rings. The minimum absolute atomic E-state index is 0.119. The molecule has 0 bridgehead atoms. The van der Waals surface area contributed by atoms with Crippen LogP contribution in [-0.4, -0.2) is 21.9 Å². The zero-order chi connectivity index (χ0) is 19.2. The second-order valence-electron chi connectivity index (χ2n) is 9.77. The normalized spacial score (nSPS) is 34.8. The molecule has 0 aliphatic heterocycles. The van der Waals surface area contributed by atoms with Gasteiger partial charge in [-0.25, -0.2) is 0 Å². The average molecular weight is 365 g/mol.